The van der Waals surface area contributed by atoms with Crippen LogP contribution in [0.4, 0.5) is 0 Å². The van der Waals surface area contributed by atoms with Gasteiger partial charge in [0.15, 0.2) is 0 Å². The molecule has 3 heteroatoms. The van der Waals surface area contributed by atoms with Crippen molar-refractivity contribution in [1.82, 2.24) is 5.32 Å². The largest absolute Gasteiger partial charge is 0.459 e. The van der Waals surface area contributed by atoms with Gasteiger partial charge in [0, 0.05) is 11.8 Å². The molecule has 1 aromatic heterocycles. The average molecular weight is 333 g/mol. The first-order valence-electron chi connectivity index (χ1n) is 9.12. The molecule has 1 fully saturated rings. The highest BCUT2D eigenvalue weighted by Crippen LogP contribution is 2.30. The fourth-order valence-corrected chi connectivity index (χ4v) is 3.81. The molecule has 1 amide bonds. The van der Waals surface area contributed by atoms with Crippen LogP contribution in [0.2, 0.25) is 0 Å². The number of fused-ring (bicyclic) bond motifs is 1. The minimum atomic E-state index is -0.248. The van der Waals surface area contributed by atoms with E-state index >= 15 is 0 Å². The molecule has 1 saturated carbocycles. The minimum Gasteiger partial charge on any atom is -0.459 e. The normalized spacial score (nSPS) is 16.2. The Morgan fingerprint density at radius 2 is 1.76 bits per heavy atom. The fourth-order valence-electron chi connectivity index (χ4n) is 3.81. The summed E-state index contributed by atoms with van der Waals surface area (Å²) in [7, 11) is 0. The van der Waals surface area contributed by atoms with Gasteiger partial charge in [-0.05, 0) is 36.5 Å². The zero-order chi connectivity index (χ0) is 17.1. The van der Waals surface area contributed by atoms with E-state index in [2.05, 4.69) is 5.32 Å². The lowest BCUT2D eigenvalue weighted by atomic mass is 10.0. The maximum absolute atomic E-state index is 12.6. The molecule has 0 aliphatic heterocycles. The number of hydrogen-bond donors (Lipinski definition) is 1. The Kier molecular flexibility index (Phi) is 4.55. The van der Waals surface area contributed by atoms with Gasteiger partial charge in [0.2, 0.25) is 5.91 Å². The topological polar surface area (TPSA) is 42.2 Å². The third-order valence-corrected chi connectivity index (χ3v) is 5.12. The van der Waals surface area contributed by atoms with Crippen LogP contribution < -0.4 is 5.32 Å². The van der Waals surface area contributed by atoms with E-state index in [1.165, 1.54) is 25.7 Å². The lowest BCUT2D eigenvalue weighted by Crippen LogP contribution is -2.30. The van der Waals surface area contributed by atoms with Gasteiger partial charge in [0.05, 0.1) is 0 Å². The zero-order valence-electron chi connectivity index (χ0n) is 14.3. The van der Waals surface area contributed by atoms with Crippen LogP contribution >= 0.6 is 0 Å². The maximum atomic E-state index is 12.6. The Bertz CT molecular complexity index is 814. The Morgan fingerprint density at radius 3 is 2.52 bits per heavy atom. The molecule has 0 radical (unpaired) electrons. The van der Waals surface area contributed by atoms with Crippen LogP contribution in [-0.4, -0.2) is 5.91 Å². The maximum Gasteiger partial charge on any atom is 0.221 e. The number of carbonyl (C=O) groups excluding carboxylic acids is 1. The van der Waals surface area contributed by atoms with E-state index in [0.29, 0.717) is 12.3 Å². The SMILES string of the molecule is O=C(CC1CCCC1)NC(c1ccccc1)c1cc2ccccc2o1. The van der Waals surface area contributed by atoms with Crippen molar-refractivity contribution < 1.29 is 9.21 Å². The molecule has 1 N–H and O–H groups in total. The first-order valence-corrected chi connectivity index (χ1v) is 9.12. The van der Waals surface area contributed by atoms with Crippen molar-refractivity contribution in [3.05, 3.63) is 72.0 Å². The molecule has 0 spiro atoms. The quantitative estimate of drug-likeness (QED) is 0.695. The summed E-state index contributed by atoms with van der Waals surface area (Å²) in [6, 6.07) is 19.8. The molecule has 1 heterocycles. The molecule has 1 unspecified atom stereocenters. The lowest BCUT2D eigenvalue weighted by molar-refractivity contribution is -0.122. The van der Waals surface area contributed by atoms with Crippen molar-refractivity contribution in [3.63, 3.8) is 0 Å². The molecule has 0 saturated heterocycles. The number of amides is 1. The van der Waals surface area contributed by atoms with Gasteiger partial charge in [-0.25, -0.2) is 0 Å². The highest BCUT2D eigenvalue weighted by molar-refractivity contribution is 5.79. The predicted molar refractivity (Wildman–Crippen MR) is 99.2 cm³/mol. The molecular formula is C22H23NO2. The number of benzene rings is 2. The highest BCUT2D eigenvalue weighted by atomic mass is 16.3. The third-order valence-electron chi connectivity index (χ3n) is 5.12. The summed E-state index contributed by atoms with van der Waals surface area (Å²) in [4.78, 5) is 12.6. The first kappa shape index (κ1) is 15.9. The molecule has 1 atom stereocenters. The van der Waals surface area contributed by atoms with Crippen molar-refractivity contribution in [2.75, 3.05) is 0 Å². The third kappa shape index (κ3) is 3.60. The summed E-state index contributed by atoms with van der Waals surface area (Å²) < 4.78 is 6.04. The van der Waals surface area contributed by atoms with E-state index in [9.17, 15) is 4.79 Å². The van der Waals surface area contributed by atoms with Crippen molar-refractivity contribution in [2.24, 2.45) is 5.92 Å². The second kappa shape index (κ2) is 7.14. The second-order valence-corrected chi connectivity index (χ2v) is 6.95. The van der Waals surface area contributed by atoms with Gasteiger partial charge in [-0.1, -0.05) is 61.4 Å². The van der Waals surface area contributed by atoms with Gasteiger partial charge >= 0.3 is 0 Å². The number of nitrogens with one attached hydrogen (secondary N) is 1. The Morgan fingerprint density at radius 1 is 1.04 bits per heavy atom. The van der Waals surface area contributed by atoms with E-state index in [1.807, 2.05) is 60.7 Å². The van der Waals surface area contributed by atoms with Crippen molar-refractivity contribution >= 4 is 16.9 Å². The summed E-state index contributed by atoms with van der Waals surface area (Å²) in [6.07, 6.45) is 5.47. The number of rotatable bonds is 5. The van der Waals surface area contributed by atoms with Gasteiger partial charge < -0.3 is 9.73 Å². The van der Waals surface area contributed by atoms with Crippen molar-refractivity contribution in [2.45, 2.75) is 38.1 Å². The van der Waals surface area contributed by atoms with E-state index in [1.54, 1.807) is 0 Å². The van der Waals surface area contributed by atoms with Crippen LogP contribution in [-0.2, 0) is 4.79 Å². The minimum absolute atomic E-state index is 0.112. The molecule has 128 valence electrons. The van der Waals surface area contributed by atoms with Crippen LogP contribution in [0.5, 0.6) is 0 Å². The van der Waals surface area contributed by atoms with E-state index in [4.69, 9.17) is 4.42 Å². The lowest BCUT2D eigenvalue weighted by Gasteiger charge is -2.18. The second-order valence-electron chi connectivity index (χ2n) is 6.95. The standard InChI is InChI=1S/C22H23NO2/c24-21(14-16-8-4-5-9-16)23-22(17-10-2-1-3-11-17)20-15-18-12-6-7-13-19(18)25-20/h1-3,6-7,10-13,15-16,22H,4-5,8-9,14H2,(H,23,24). The van der Waals surface area contributed by atoms with E-state index in [0.717, 1.165) is 22.3 Å². The van der Waals surface area contributed by atoms with Crippen molar-refractivity contribution in [3.8, 4) is 0 Å². The molecule has 1 aliphatic carbocycles. The Balaban J connectivity index is 1.61. The molecule has 2 aromatic carbocycles. The van der Waals surface area contributed by atoms with Crippen LogP contribution in [0, 0.1) is 5.92 Å². The van der Waals surface area contributed by atoms with Crippen LogP contribution in [0.3, 0.4) is 0 Å². The van der Waals surface area contributed by atoms with E-state index < -0.39 is 0 Å². The zero-order valence-corrected chi connectivity index (χ0v) is 14.3. The van der Waals surface area contributed by atoms with Crippen molar-refractivity contribution in [1.29, 1.82) is 0 Å². The molecule has 25 heavy (non-hydrogen) atoms. The number of furan rings is 1. The number of para-hydroxylation sites is 1. The molecule has 3 aromatic rings. The summed E-state index contributed by atoms with van der Waals surface area (Å²) in [5, 5.41) is 4.26. The van der Waals surface area contributed by atoms with Crippen LogP contribution in [0.1, 0.15) is 49.5 Å². The first-order chi connectivity index (χ1) is 12.3. The Hall–Kier alpha value is -2.55. The van der Waals surface area contributed by atoms with Gasteiger partial charge in [0.25, 0.3) is 0 Å². The summed E-state index contributed by atoms with van der Waals surface area (Å²) >= 11 is 0. The Labute approximate surface area is 148 Å². The monoisotopic (exact) mass is 333 g/mol. The van der Waals surface area contributed by atoms with Gasteiger partial charge in [0.1, 0.15) is 17.4 Å². The van der Waals surface area contributed by atoms with Gasteiger partial charge in [-0.3, -0.25) is 4.79 Å². The summed E-state index contributed by atoms with van der Waals surface area (Å²) in [5.74, 6) is 1.43. The number of hydrogen-bond acceptors (Lipinski definition) is 2. The molecule has 1 aliphatic rings. The predicted octanol–water partition coefficient (Wildman–Crippen LogP) is 5.22. The van der Waals surface area contributed by atoms with Gasteiger partial charge in [-0.15, -0.1) is 0 Å². The molecule has 0 bridgehead atoms. The van der Waals surface area contributed by atoms with Crippen LogP contribution in [0.25, 0.3) is 11.0 Å². The number of carbonyl (C=O) groups is 1. The fraction of sp³-hybridized carbons (Fsp3) is 0.318. The van der Waals surface area contributed by atoms with Gasteiger partial charge in [-0.2, -0.15) is 0 Å². The highest BCUT2D eigenvalue weighted by Gasteiger charge is 2.24. The summed E-state index contributed by atoms with van der Waals surface area (Å²) in [5.41, 5.74) is 1.89. The molecule has 4 rings (SSSR count). The summed E-state index contributed by atoms with van der Waals surface area (Å²) in [6.45, 7) is 0. The molecular weight excluding hydrogens is 310 g/mol. The average Bonchev–Trinajstić information content (AvgIpc) is 3.29. The van der Waals surface area contributed by atoms with E-state index in [-0.39, 0.29) is 11.9 Å². The smallest absolute Gasteiger partial charge is 0.221 e. The van der Waals surface area contributed by atoms with Crippen LogP contribution in [0.15, 0.2) is 65.1 Å². The molecule has 3 nitrogen and oxygen atoms in total.